The Bertz CT molecular complexity index is 851. The molecule has 5 heteroatoms. The number of hydrogen-bond acceptors (Lipinski definition) is 4. The van der Waals surface area contributed by atoms with Gasteiger partial charge < -0.3 is 10.1 Å². The molecule has 29 heavy (non-hydrogen) atoms. The monoisotopic (exact) mass is 412 g/mol. The number of aryl methyl sites for hydroxylation is 1. The van der Waals surface area contributed by atoms with E-state index in [0.717, 1.165) is 44.1 Å². The van der Waals surface area contributed by atoms with Crippen LogP contribution in [0.4, 0.5) is 5.00 Å². The van der Waals surface area contributed by atoms with Crippen LogP contribution in [0.25, 0.3) is 0 Å². The Morgan fingerprint density at radius 2 is 1.72 bits per heavy atom. The van der Waals surface area contributed by atoms with Crippen LogP contribution < -0.4 is 5.32 Å². The van der Waals surface area contributed by atoms with Gasteiger partial charge in [0.2, 0.25) is 5.91 Å². The smallest absolute Gasteiger partial charge is 0.221 e. The van der Waals surface area contributed by atoms with Gasteiger partial charge in [0.05, 0.1) is 19.3 Å². The van der Waals surface area contributed by atoms with Gasteiger partial charge in [0, 0.05) is 30.5 Å². The van der Waals surface area contributed by atoms with Crippen molar-refractivity contribution < 1.29 is 9.53 Å². The summed E-state index contributed by atoms with van der Waals surface area (Å²) in [6, 6.07) is 9.29. The van der Waals surface area contributed by atoms with Crippen LogP contribution in [0.5, 0.6) is 0 Å². The second kappa shape index (κ2) is 8.99. The lowest BCUT2D eigenvalue weighted by Crippen LogP contribution is -2.40. The number of nitrogens with zero attached hydrogens (tertiary/aromatic N) is 1. The average Bonchev–Trinajstić information content (AvgIpc) is 3.07. The fraction of sp³-hybridized carbons (Fsp3) is 0.542. The minimum atomic E-state index is 0.0146. The highest BCUT2D eigenvalue weighted by Gasteiger charge is 2.32. The Morgan fingerprint density at radius 1 is 1.07 bits per heavy atom. The van der Waals surface area contributed by atoms with E-state index in [-0.39, 0.29) is 11.9 Å². The highest BCUT2D eigenvalue weighted by atomic mass is 32.1. The molecule has 1 aliphatic heterocycles. The lowest BCUT2D eigenvalue weighted by molar-refractivity contribution is -0.114. The summed E-state index contributed by atoms with van der Waals surface area (Å²) in [6.07, 6.45) is 4.73. The third-order valence-electron chi connectivity index (χ3n) is 6.10. The van der Waals surface area contributed by atoms with E-state index in [2.05, 4.69) is 48.3 Å². The number of anilines is 1. The lowest BCUT2D eigenvalue weighted by atomic mass is 9.88. The molecule has 1 aromatic heterocycles. The maximum atomic E-state index is 12.0. The lowest BCUT2D eigenvalue weighted by Gasteiger charge is -2.36. The van der Waals surface area contributed by atoms with Crippen LogP contribution in [0, 0.1) is 0 Å². The number of carbonyl (C=O) groups is 1. The molecule has 1 amide bonds. The molecule has 0 radical (unpaired) electrons. The quantitative estimate of drug-likeness (QED) is 0.740. The van der Waals surface area contributed by atoms with Crippen molar-refractivity contribution in [2.75, 3.05) is 31.6 Å². The summed E-state index contributed by atoms with van der Waals surface area (Å²) in [5.74, 6) is 0.537. The van der Waals surface area contributed by atoms with E-state index in [1.54, 1.807) is 18.3 Å². The molecule has 156 valence electrons. The van der Waals surface area contributed by atoms with Crippen molar-refractivity contribution >= 4 is 22.2 Å². The van der Waals surface area contributed by atoms with E-state index in [1.165, 1.54) is 40.0 Å². The summed E-state index contributed by atoms with van der Waals surface area (Å²) in [5, 5.41) is 4.22. The minimum Gasteiger partial charge on any atom is -0.379 e. The third-order valence-corrected chi connectivity index (χ3v) is 7.33. The fourth-order valence-corrected chi connectivity index (χ4v) is 5.96. The molecule has 1 fully saturated rings. The number of thiophene rings is 1. The van der Waals surface area contributed by atoms with Crippen LogP contribution in [-0.4, -0.2) is 37.1 Å². The van der Waals surface area contributed by atoms with Gasteiger partial charge in [0.15, 0.2) is 0 Å². The van der Waals surface area contributed by atoms with Gasteiger partial charge in [-0.05, 0) is 48.3 Å². The second-order valence-corrected chi connectivity index (χ2v) is 9.61. The number of benzene rings is 1. The summed E-state index contributed by atoms with van der Waals surface area (Å²) in [6.45, 7) is 9.45. The first-order valence-electron chi connectivity index (χ1n) is 10.9. The average molecular weight is 413 g/mol. The number of ether oxygens (including phenoxy) is 1. The maximum absolute atomic E-state index is 12.0. The molecule has 1 aromatic carbocycles. The van der Waals surface area contributed by atoms with Crippen molar-refractivity contribution in [3.63, 3.8) is 0 Å². The number of rotatable bonds is 5. The molecule has 0 bridgehead atoms. The SMILES string of the molecule is CC(=O)Nc1sc2c(c1C(c1ccc(C(C)C)cc1)N1CCOCC1)CCCC2. The standard InChI is InChI=1S/C24H32N2O2S/c1-16(2)18-8-10-19(11-9-18)23(26-12-14-28-15-13-26)22-20-6-4-5-7-21(20)29-24(22)25-17(3)27/h8-11,16,23H,4-7,12-15H2,1-3H3,(H,25,27). The van der Waals surface area contributed by atoms with E-state index < -0.39 is 0 Å². The summed E-state index contributed by atoms with van der Waals surface area (Å²) < 4.78 is 5.65. The molecule has 1 N–H and O–H groups in total. The molecular weight excluding hydrogens is 380 g/mol. The molecule has 0 spiro atoms. The molecule has 2 heterocycles. The first-order chi connectivity index (χ1) is 14.0. The Kier molecular flexibility index (Phi) is 6.38. The normalized spacial score (nSPS) is 18.5. The van der Waals surface area contributed by atoms with Gasteiger partial charge >= 0.3 is 0 Å². The number of amides is 1. The molecule has 1 aliphatic carbocycles. The van der Waals surface area contributed by atoms with Gasteiger partial charge in [-0.15, -0.1) is 11.3 Å². The van der Waals surface area contributed by atoms with Crippen molar-refractivity contribution in [3.05, 3.63) is 51.4 Å². The van der Waals surface area contributed by atoms with Crippen LogP contribution in [-0.2, 0) is 22.4 Å². The highest BCUT2D eigenvalue weighted by Crippen LogP contribution is 2.45. The summed E-state index contributed by atoms with van der Waals surface area (Å²) in [5.41, 5.74) is 5.49. The summed E-state index contributed by atoms with van der Waals surface area (Å²) in [4.78, 5) is 16.0. The maximum Gasteiger partial charge on any atom is 0.221 e. The van der Waals surface area contributed by atoms with Gasteiger partial charge in [0.25, 0.3) is 0 Å². The van der Waals surface area contributed by atoms with E-state index in [9.17, 15) is 4.79 Å². The van der Waals surface area contributed by atoms with Gasteiger partial charge in [-0.2, -0.15) is 0 Å². The molecular formula is C24H32N2O2S. The van der Waals surface area contributed by atoms with Gasteiger partial charge in [-0.3, -0.25) is 9.69 Å². The molecule has 0 saturated carbocycles. The number of carbonyl (C=O) groups excluding carboxylic acids is 1. The number of nitrogens with one attached hydrogen (secondary N) is 1. The Balaban J connectivity index is 1.82. The predicted molar refractivity (Wildman–Crippen MR) is 120 cm³/mol. The van der Waals surface area contributed by atoms with E-state index in [0.29, 0.717) is 5.92 Å². The van der Waals surface area contributed by atoms with Crippen molar-refractivity contribution in [1.82, 2.24) is 4.90 Å². The molecule has 1 saturated heterocycles. The molecule has 1 unspecified atom stereocenters. The van der Waals surface area contributed by atoms with Gasteiger partial charge in [0.1, 0.15) is 5.00 Å². The van der Waals surface area contributed by atoms with Gasteiger partial charge in [-0.1, -0.05) is 38.1 Å². The van der Waals surface area contributed by atoms with Crippen molar-refractivity contribution in [2.24, 2.45) is 0 Å². The number of fused-ring (bicyclic) bond motifs is 1. The van der Waals surface area contributed by atoms with Crippen LogP contribution in [0.2, 0.25) is 0 Å². The Labute approximate surface area is 178 Å². The number of hydrogen-bond donors (Lipinski definition) is 1. The topological polar surface area (TPSA) is 41.6 Å². The second-order valence-electron chi connectivity index (χ2n) is 8.51. The predicted octanol–water partition coefficient (Wildman–Crippen LogP) is 5.13. The van der Waals surface area contributed by atoms with Crippen LogP contribution in [0.15, 0.2) is 24.3 Å². The number of morpholine rings is 1. The van der Waals surface area contributed by atoms with Crippen molar-refractivity contribution in [1.29, 1.82) is 0 Å². The van der Waals surface area contributed by atoms with E-state index in [1.807, 2.05) is 0 Å². The third kappa shape index (κ3) is 4.42. The fourth-order valence-electron chi connectivity index (χ4n) is 4.59. The molecule has 4 rings (SSSR count). The molecule has 2 aromatic rings. The largest absolute Gasteiger partial charge is 0.379 e. The van der Waals surface area contributed by atoms with Crippen molar-refractivity contribution in [3.8, 4) is 0 Å². The summed E-state index contributed by atoms with van der Waals surface area (Å²) >= 11 is 1.80. The first-order valence-corrected chi connectivity index (χ1v) is 11.7. The molecule has 1 atom stereocenters. The minimum absolute atomic E-state index is 0.0146. The zero-order chi connectivity index (χ0) is 20.4. The highest BCUT2D eigenvalue weighted by molar-refractivity contribution is 7.16. The Hall–Kier alpha value is -1.69. The Morgan fingerprint density at radius 3 is 2.38 bits per heavy atom. The van der Waals surface area contributed by atoms with Gasteiger partial charge in [-0.25, -0.2) is 0 Å². The van der Waals surface area contributed by atoms with E-state index >= 15 is 0 Å². The first kappa shape index (κ1) is 20.6. The summed E-state index contributed by atoms with van der Waals surface area (Å²) in [7, 11) is 0. The zero-order valence-corrected chi connectivity index (χ0v) is 18.6. The van der Waals surface area contributed by atoms with Crippen LogP contribution in [0.1, 0.15) is 72.7 Å². The van der Waals surface area contributed by atoms with Crippen molar-refractivity contribution in [2.45, 2.75) is 58.4 Å². The van der Waals surface area contributed by atoms with Crippen LogP contribution in [0.3, 0.4) is 0 Å². The molecule has 4 nitrogen and oxygen atoms in total. The van der Waals surface area contributed by atoms with E-state index in [4.69, 9.17) is 4.74 Å². The molecule has 2 aliphatic rings. The van der Waals surface area contributed by atoms with Crippen LogP contribution >= 0.6 is 11.3 Å². The zero-order valence-electron chi connectivity index (χ0n) is 17.8.